The van der Waals surface area contributed by atoms with Gasteiger partial charge in [0.05, 0.1) is 5.25 Å². The lowest BCUT2D eigenvalue weighted by atomic mass is 9.99. The first-order valence-corrected chi connectivity index (χ1v) is 7.96. The molecule has 3 N–H and O–H groups in total. The third-order valence-electron chi connectivity index (χ3n) is 3.68. The number of halogens is 1. The molecule has 19 heavy (non-hydrogen) atoms. The molecule has 0 radical (unpaired) electrons. The number of aliphatic carboxylic acids is 1. The summed E-state index contributed by atoms with van der Waals surface area (Å²) in [5.74, 6) is -1.80. The van der Waals surface area contributed by atoms with E-state index in [0.717, 1.165) is 6.26 Å². The predicted molar refractivity (Wildman–Crippen MR) is 71.9 cm³/mol. The van der Waals surface area contributed by atoms with Crippen molar-refractivity contribution >= 4 is 27.4 Å². The van der Waals surface area contributed by atoms with Crippen LogP contribution in [0.1, 0.15) is 11.5 Å². The molecular formula is C12H14ClNO4S. The van der Waals surface area contributed by atoms with Crippen molar-refractivity contribution in [2.75, 3.05) is 12.8 Å². The zero-order valence-electron chi connectivity index (χ0n) is 10.2. The smallest absolute Gasteiger partial charge is 0.312 e. The molecule has 1 saturated carbocycles. The quantitative estimate of drug-likeness (QED) is 0.860. The second-order valence-corrected chi connectivity index (χ2v) is 7.43. The molecule has 1 fully saturated rings. The molecular weight excluding hydrogens is 290 g/mol. The summed E-state index contributed by atoms with van der Waals surface area (Å²) in [4.78, 5) is 11.5. The summed E-state index contributed by atoms with van der Waals surface area (Å²) in [7, 11) is -3.50. The van der Waals surface area contributed by atoms with E-state index in [1.807, 2.05) is 0 Å². The van der Waals surface area contributed by atoms with Crippen molar-refractivity contribution in [1.29, 1.82) is 0 Å². The van der Waals surface area contributed by atoms with Gasteiger partial charge < -0.3 is 10.8 Å². The number of carbonyl (C=O) groups is 1. The Labute approximate surface area is 116 Å². The Hall–Kier alpha value is -1.11. The lowest BCUT2D eigenvalue weighted by Crippen LogP contribution is -2.31. The van der Waals surface area contributed by atoms with Crippen LogP contribution in [0, 0.1) is 5.41 Å². The first kappa shape index (κ1) is 14.3. The zero-order chi connectivity index (χ0) is 14.4. The van der Waals surface area contributed by atoms with Gasteiger partial charge in [0.25, 0.3) is 0 Å². The Morgan fingerprint density at radius 1 is 1.42 bits per heavy atom. The summed E-state index contributed by atoms with van der Waals surface area (Å²) in [5, 5.41) is 8.88. The Morgan fingerprint density at radius 2 is 1.95 bits per heavy atom. The van der Waals surface area contributed by atoms with E-state index >= 15 is 0 Å². The molecule has 0 saturated heterocycles. The molecule has 3 atom stereocenters. The fraction of sp³-hybridized carbons (Fsp3) is 0.417. The largest absolute Gasteiger partial charge is 0.481 e. The molecule has 1 aliphatic carbocycles. The Kier molecular flexibility index (Phi) is 3.36. The van der Waals surface area contributed by atoms with Crippen LogP contribution in [0.2, 0.25) is 5.02 Å². The summed E-state index contributed by atoms with van der Waals surface area (Å²) in [6.07, 6.45) is 1.04. The highest BCUT2D eigenvalue weighted by atomic mass is 35.5. The number of rotatable bonds is 4. The summed E-state index contributed by atoms with van der Waals surface area (Å²) < 4.78 is 23.6. The molecule has 0 spiro atoms. The van der Waals surface area contributed by atoms with E-state index in [2.05, 4.69) is 0 Å². The van der Waals surface area contributed by atoms with Crippen molar-refractivity contribution < 1.29 is 18.3 Å². The summed E-state index contributed by atoms with van der Waals surface area (Å²) in [6.45, 7) is -0.215. The van der Waals surface area contributed by atoms with E-state index in [1.54, 1.807) is 24.3 Å². The molecule has 1 aromatic carbocycles. The first-order valence-electron chi connectivity index (χ1n) is 5.63. The molecule has 2 rings (SSSR count). The zero-order valence-corrected chi connectivity index (χ0v) is 11.8. The highest BCUT2D eigenvalue weighted by molar-refractivity contribution is 7.91. The van der Waals surface area contributed by atoms with E-state index in [4.69, 9.17) is 17.3 Å². The van der Waals surface area contributed by atoms with E-state index in [-0.39, 0.29) is 6.54 Å². The van der Waals surface area contributed by atoms with Gasteiger partial charge in [-0.3, -0.25) is 4.79 Å². The van der Waals surface area contributed by atoms with Gasteiger partial charge in [0.2, 0.25) is 0 Å². The number of benzene rings is 1. The monoisotopic (exact) mass is 303 g/mol. The fourth-order valence-electron chi connectivity index (χ4n) is 2.76. The highest BCUT2D eigenvalue weighted by Gasteiger charge is 2.74. The van der Waals surface area contributed by atoms with Crippen LogP contribution in [0.4, 0.5) is 0 Å². The van der Waals surface area contributed by atoms with Gasteiger partial charge in [0.15, 0.2) is 9.84 Å². The number of hydrogen-bond acceptors (Lipinski definition) is 4. The summed E-state index contributed by atoms with van der Waals surface area (Å²) >= 11 is 5.77. The highest BCUT2D eigenvalue weighted by Crippen LogP contribution is 2.62. The predicted octanol–water partition coefficient (Wildman–Crippen LogP) is 0.880. The lowest BCUT2D eigenvalue weighted by molar-refractivity contribution is -0.143. The van der Waals surface area contributed by atoms with Crippen molar-refractivity contribution in [1.82, 2.24) is 0 Å². The van der Waals surface area contributed by atoms with Crippen molar-refractivity contribution in [3.8, 4) is 0 Å². The molecule has 3 unspecified atom stereocenters. The minimum Gasteiger partial charge on any atom is -0.481 e. The molecule has 7 heteroatoms. The van der Waals surface area contributed by atoms with Crippen molar-refractivity contribution in [3.05, 3.63) is 34.9 Å². The van der Waals surface area contributed by atoms with Gasteiger partial charge in [-0.2, -0.15) is 0 Å². The maximum absolute atomic E-state index is 11.8. The molecule has 1 aromatic rings. The fourth-order valence-corrected chi connectivity index (χ4v) is 4.81. The van der Waals surface area contributed by atoms with Crippen LogP contribution in [0.25, 0.3) is 0 Å². The van der Waals surface area contributed by atoms with E-state index < -0.39 is 32.4 Å². The molecule has 5 nitrogen and oxygen atoms in total. The van der Waals surface area contributed by atoms with Crippen LogP contribution in [-0.2, 0) is 14.6 Å². The van der Waals surface area contributed by atoms with Gasteiger partial charge in [0.1, 0.15) is 5.41 Å². The first-order chi connectivity index (χ1) is 8.75. The minimum absolute atomic E-state index is 0.215. The van der Waals surface area contributed by atoms with Crippen LogP contribution in [0.5, 0.6) is 0 Å². The number of hydrogen-bond donors (Lipinski definition) is 2. The maximum atomic E-state index is 11.8. The second kappa shape index (κ2) is 4.47. The lowest BCUT2D eigenvalue weighted by Gasteiger charge is -2.09. The van der Waals surface area contributed by atoms with Crippen LogP contribution in [0.3, 0.4) is 0 Å². The molecule has 0 aromatic heterocycles. The third-order valence-corrected chi connectivity index (χ3v) is 5.55. The molecule has 0 bridgehead atoms. The van der Waals surface area contributed by atoms with Crippen molar-refractivity contribution in [2.24, 2.45) is 11.1 Å². The molecule has 0 heterocycles. The average molecular weight is 304 g/mol. The van der Waals surface area contributed by atoms with E-state index in [0.29, 0.717) is 10.6 Å². The Morgan fingerprint density at radius 3 is 2.26 bits per heavy atom. The minimum atomic E-state index is -3.50. The van der Waals surface area contributed by atoms with Gasteiger partial charge in [-0.15, -0.1) is 0 Å². The van der Waals surface area contributed by atoms with Crippen LogP contribution < -0.4 is 5.73 Å². The third kappa shape index (κ3) is 2.13. The van der Waals surface area contributed by atoms with Crippen LogP contribution in [-0.4, -0.2) is 37.5 Å². The topological polar surface area (TPSA) is 97.5 Å². The van der Waals surface area contributed by atoms with Crippen molar-refractivity contribution in [3.63, 3.8) is 0 Å². The number of nitrogens with two attached hydrogens (primary N) is 1. The standard InChI is InChI=1S/C12H14ClNO4S/c1-19(17,18)10-9(12(10,6-14)11(15)16)7-2-4-8(13)5-3-7/h2-5,9-10H,6,14H2,1H3,(H,15,16). The average Bonchev–Trinajstić information content (AvgIpc) is 3.00. The molecule has 0 amide bonds. The van der Waals surface area contributed by atoms with Crippen molar-refractivity contribution in [2.45, 2.75) is 11.2 Å². The van der Waals surface area contributed by atoms with Gasteiger partial charge in [-0.25, -0.2) is 8.42 Å². The van der Waals surface area contributed by atoms with Gasteiger partial charge in [-0.1, -0.05) is 23.7 Å². The SMILES string of the molecule is CS(=O)(=O)C1C(c2ccc(Cl)cc2)C1(CN)C(=O)O. The Bertz CT molecular complexity index is 613. The van der Waals surface area contributed by atoms with Gasteiger partial charge in [-0.05, 0) is 17.7 Å². The normalized spacial score (nSPS) is 30.1. The van der Waals surface area contributed by atoms with E-state index in [1.165, 1.54) is 0 Å². The maximum Gasteiger partial charge on any atom is 0.312 e. The van der Waals surface area contributed by atoms with Gasteiger partial charge >= 0.3 is 5.97 Å². The number of sulfone groups is 1. The summed E-state index contributed by atoms with van der Waals surface area (Å²) in [5.41, 5.74) is 4.75. The van der Waals surface area contributed by atoms with Gasteiger partial charge in [0, 0.05) is 23.7 Å². The molecule has 104 valence electrons. The molecule has 0 aliphatic heterocycles. The van der Waals surface area contributed by atoms with Crippen LogP contribution in [0.15, 0.2) is 24.3 Å². The number of carboxylic acids is 1. The summed E-state index contributed by atoms with van der Waals surface area (Å²) in [6, 6.07) is 6.51. The van der Waals surface area contributed by atoms with Crippen LogP contribution >= 0.6 is 11.6 Å². The second-order valence-electron chi connectivity index (χ2n) is 4.83. The molecule has 1 aliphatic rings. The van der Waals surface area contributed by atoms with E-state index in [9.17, 15) is 18.3 Å². The number of carboxylic acid groups (broad SMARTS) is 1. The Balaban J connectivity index is 2.50.